The molecule has 0 atom stereocenters. The number of urea groups is 1. The minimum atomic E-state index is -0.507. The van der Waals surface area contributed by atoms with Crippen LogP contribution in [-0.4, -0.2) is 37.7 Å². The lowest BCUT2D eigenvalue weighted by Crippen LogP contribution is -2.38. The van der Waals surface area contributed by atoms with E-state index in [-0.39, 0.29) is 12.6 Å². The predicted molar refractivity (Wildman–Crippen MR) is 49.6 cm³/mol. The molecule has 0 aromatic rings. The maximum atomic E-state index is 11.0. The number of carbonyl (C=O) groups is 2. The van der Waals surface area contributed by atoms with E-state index in [0.29, 0.717) is 19.2 Å². The largest absolute Gasteiger partial charge is 0.370 e. The molecule has 0 bridgehead atoms. The summed E-state index contributed by atoms with van der Waals surface area (Å²) in [7, 11) is 0. The molecule has 1 aliphatic carbocycles. The van der Waals surface area contributed by atoms with E-state index in [1.807, 2.05) is 0 Å². The van der Waals surface area contributed by atoms with E-state index >= 15 is 0 Å². The van der Waals surface area contributed by atoms with Gasteiger partial charge in [0.1, 0.15) is 6.61 Å². The van der Waals surface area contributed by atoms with Gasteiger partial charge in [0.2, 0.25) is 5.91 Å². The van der Waals surface area contributed by atoms with Gasteiger partial charge in [0.05, 0.1) is 6.61 Å². The summed E-state index contributed by atoms with van der Waals surface area (Å²) in [6, 6.07) is 0.164. The zero-order chi connectivity index (χ0) is 10.4. The highest BCUT2D eigenvalue weighted by Gasteiger charge is 2.22. The molecule has 14 heavy (non-hydrogen) atoms. The van der Waals surface area contributed by atoms with Gasteiger partial charge >= 0.3 is 6.03 Å². The highest BCUT2D eigenvalue weighted by atomic mass is 16.5. The van der Waals surface area contributed by atoms with Crippen molar-refractivity contribution in [2.75, 3.05) is 19.8 Å². The molecule has 0 heterocycles. The lowest BCUT2D eigenvalue weighted by Gasteiger charge is -2.06. The average Bonchev–Trinajstić information content (AvgIpc) is 2.87. The number of primary amides is 1. The fourth-order valence-corrected chi connectivity index (χ4v) is 0.874. The molecule has 1 saturated carbocycles. The first kappa shape index (κ1) is 10.8. The second-order valence-electron chi connectivity index (χ2n) is 3.19. The van der Waals surface area contributed by atoms with E-state index in [4.69, 9.17) is 10.5 Å². The maximum absolute atomic E-state index is 11.0. The molecule has 6 heteroatoms. The molecule has 0 aliphatic heterocycles. The summed E-state index contributed by atoms with van der Waals surface area (Å²) in [5.41, 5.74) is 4.85. The lowest BCUT2D eigenvalue weighted by atomic mass is 10.6. The van der Waals surface area contributed by atoms with Crippen LogP contribution in [0.4, 0.5) is 4.79 Å². The fraction of sp³-hybridized carbons (Fsp3) is 0.750. The maximum Gasteiger partial charge on any atom is 0.315 e. The summed E-state index contributed by atoms with van der Waals surface area (Å²) in [4.78, 5) is 21.3. The Bertz CT molecular complexity index is 216. The first-order chi connectivity index (χ1) is 6.68. The molecule has 0 aromatic heterocycles. The van der Waals surface area contributed by atoms with Crippen molar-refractivity contribution in [2.45, 2.75) is 18.9 Å². The Balaban J connectivity index is 1.87. The van der Waals surface area contributed by atoms with E-state index in [0.717, 1.165) is 12.8 Å². The number of nitrogens with one attached hydrogen (secondary N) is 2. The molecule has 0 aromatic carbocycles. The second kappa shape index (κ2) is 5.43. The number of amides is 3. The molecule has 6 nitrogen and oxygen atoms in total. The highest BCUT2D eigenvalue weighted by Crippen LogP contribution is 2.17. The normalized spacial score (nSPS) is 14.9. The van der Waals surface area contributed by atoms with Crippen molar-refractivity contribution in [3.8, 4) is 0 Å². The number of rotatable bonds is 6. The molecular weight excluding hydrogens is 186 g/mol. The minimum absolute atomic E-state index is 0.105. The predicted octanol–water partition coefficient (Wildman–Crippen LogP) is -1.05. The van der Waals surface area contributed by atoms with Crippen molar-refractivity contribution in [2.24, 2.45) is 5.73 Å². The summed E-state index contributed by atoms with van der Waals surface area (Å²) in [6.45, 7) is 0.568. The zero-order valence-corrected chi connectivity index (χ0v) is 7.91. The molecule has 0 saturated heterocycles. The van der Waals surface area contributed by atoms with Crippen LogP contribution in [0.2, 0.25) is 0 Å². The van der Waals surface area contributed by atoms with Gasteiger partial charge < -0.3 is 21.1 Å². The zero-order valence-electron chi connectivity index (χ0n) is 7.91. The van der Waals surface area contributed by atoms with Gasteiger partial charge in [-0.05, 0) is 12.8 Å². The third kappa shape index (κ3) is 5.36. The number of nitrogens with two attached hydrogens (primary N) is 1. The monoisotopic (exact) mass is 201 g/mol. The molecule has 1 aliphatic rings. The lowest BCUT2D eigenvalue weighted by molar-refractivity contribution is -0.122. The van der Waals surface area contributed by atoms with E-state index in [1.54, 1.807) is 0 Å². The van der Waals surface area contributed by atoms with Gasteiger partial charge in [0.25, 0.3) is 0 Å². The number of hydrogen-bond acceptors (Lipinski definition) is 3. The minimum Gasteiger partial charge on any atom is -0.370 e. The summed E-state index contributed by atoms with van der Waals surface area (Å²) in [5, 5.41) is 5.36. The van der Waals surface area contributed by atoms with Crippen LogP contribution in [0.1, 0.15) is 12.8 Å². The summed E-state index contributed by atoms with van der Waals surface area (Å²) >= 11 is 0. The molecule has 3 amide bonds. The molecule has 4 N–H and O–H groups in total. The highest BCUT2D eigenvalue weighted by molar-refractivity contribution is 5.75. The van der Waals surface area contributed by atoms with Crippen LogP contribution in [0.5, 0.6) is 0 Å². The topological polar surface area (TPSA) is 93.5 Å². The van der Waals surface area contributed by atoms with Crippen molar-refractivity contribution in [3.05, 3.63) is 0 Å². The molecular formula is C8H15N3O3. The molecule has 1 rings (SSSR count). The fourth-order valence-electron chi connectivity index (χ4n) is 0.874. The van der Waals surface area contributed by atoms with Gasteiger partial charge in [0, 0.05) is 12.6 Å². The quantitative estimate of drug-likeness (QED) is 0.479. The van der Waals surface area contributed by atoms with Gasteiger partial charge in [-0.3, -0.25) is 4.79 Å². The van der Waals surface area contributed by atoms with Crippen LogP contribution in [0.15, 0.2) is 0 Å². The third-order valence-electron chi connectivity index (χ3n) is 1.69. The Morgan fingerprint density at radius 2 is 2.14 bits per heavy atom. The van der Waals surface area contributed by atoms with Gasteiger partial charge in [0.15, 0.2) is 0 Å². The summed E-state index contributed by atoms with van der Waals surface area (Å²) < 4.78 is 4.85. The Labute approximate surface area is 82.2 Å². The summed E-state index contributed by atoms with van der Waals surface area (Å²) in [5.74, 6) is -0.507. The second-order valence-corrected chi connectivity index (χ2v) is 3.19. The molecule has 0 unspecified atom stereocenters. The van der Waals surface area contributed by atoms with E-state index in [2.05, 4.69) is 10.6 Å². The van der Waals surface area contributed by atoms with Gasteiger partial charge in [-0.15, -0.1) is 0 Å². The number of ether oxygens (including phenoxy) is 1. The smallest absolute Gasteiger partial charge is 0.315 e. The van der Waals surface area contributed by atoms with Crippen molar-refractivity contribution in [3.63, 3.8) is 0 Å². The van der Waals surface area contributed by atoms with Crippen LogP contribution >= 0.6 is 0 Å². The Morgan fingerprint density at radius 1 is 1.43 bits per heavy atom. The van der Waals surface area contributed by atoms with Crippen molar-refractivity contribution in [1.82, 2.24) is 10.6 Å². The SMILES string of the molecule is NC(=O)COCCNC(=O)NC1CC1. The van der Waals surface area contributed by atoms with Crippen LogP contribution in [-0.2, 0) is 9.53 Å². The number of hydrogen-bond donors (Lipinski definition) is 3. The average molecular weight is 201 g/mol. The third-order valence-corrected chi connectivity index (χ3v) is 1.69. The van der Waals surface area contributed by atoms with Crippen molar-refractivity contribution < 1.29 is 14.3 Å². The Morgan fingerprint density at radius 3 is 2.71 bits per heavy atom. The first-order valence-electron chi connectivity index (χ1n) is 4.59. The van der Waals surface area contributed by atoms with E-state index in [1.165, 1.54) is 0 Å². The van der Waals surface area contributed by atoms with Crippen LogP contribution < -0.4 is 16.4 Å². The Kier molecular flexibility index (Phi) is 4.18. The van der Waals surface area contributed by atoms with E-state index < -0.39 is 5.91 Å². The van der Waals surface area contributed by atoms with Crippen LogP contribution in [0.3, 0.4) is 0 Å². The van der Waals surface area contributed by atoms with Gasteiger partial charge in [-0.1, -0.05) is 0 Å². The van der Waals surface area contributed by atoms with Crippen LogP contribution in [0, 0.1) is 0 Å². The van der Waals surface area contributed by atoms with E-state index in [9.17, 15) is 9.59 Å². The number of carbonyl (C=O) groups excluding carboxylic acids is 2. The van der Waals surface area contributed by atoms with Crippen molar-refractivity contribution >= 4 is 11.9 Å². The van der Waals surface area contributed by atoms with Gasteiger partial charge in [-0.25, -0.2) is 4.79 Å². The van der Waals surface area contributed by atoms with Crippen LogP contribution in [0.25, 0.3) is 0 Å². The summed E-state index contributed by atoms with van der Waals surface area (Å²) in [6.07, 6.45) is 2.12. The molecule has 80 valence electrons. The molecule has 0 radical (unpaired) electrons. The molecule has 0 spiro atoms. The molecule has 1 fully saturated rings. The van der Waals surface area contributed by atoms with Crippen molar-refractivity contribution in [1.29, 1.82) is 0 Å². The Hall–Kier alpha value is -1.30. The van der Waals surface area contributed by atoms with Gasteiger partial charge in [-0.2, -0.15) is 0 Å². The first-order valence-corrected chi connectivity index (χ1v) is 4.59. The standard InChI is InChI=1S/C8H15N3O3/c9-7(12)5-14-4-3-10-8(13)11-6-1-2-6/h6H,1-5H2,(H2,9,12)(H2,10,11,13).